The second kappa shape index (κ2) is 6.55. The lowest BCUT2D eigenvalue weighted by atomic mass is 9.86. The molecule has 0 spiro atoms. The van der Waals surface area contributed by atoms with Crippen molar-refractivity contribution >= 4 is 0 Å². The summed E-state index contributed by atoms with van der Waals surface area (Å²) in [6.45, 7) is 2.69. The van der Waals surface area contributed by atoms with Gasteiger partial charge in [0.15, 0.2) is 11.6 Å². The second-order valence-corrected chi connectivity index (χ2v) is 5.32. The Morgan fingerprint density at radius 1 is 1.35 bits per heavy atom. The van der Waals surface area contributed by atoms with Crippen LogP contribution in [0.2, 0.25) is 0 Å². The van der Waals surface area contributed by atoms with Crippen LogP contribution < -0.4 is 10.1 Å². The van der Waals surface area contributed by atoms with Crippen LogP contribution in [0, 0.1) is 5.82 Å². The molecule has 1 atom stereocenters. The SMILES string of the molecule is CCOC1(C(NC)c2ccc(OC)c(F)c2)CCCC1. The zero-order valence-electron chi connectivity index (χ0n) is 12.5. The van der Waals surface area contributed by atoms with Gasteiger partial charge in [-0.05, 0) is 44.5 Å². The molecule has 0 heterocycles. The minimum absolute atomic E-state index is 0.00496. The molecule has 1 aliphatic carbocycles. The van der Waals surface area contributed by atoms with Gasteiger partial charge in [-0.1, -0.05) is 18.9 Å². The maximum absolute atomic E-state index is 14.0. The van der Waals surface area contributed by atoms with Crippen LogP contribution in [0.25, 0.3) is 0 Å². The molecule has 0 amide bonds. The molecule has 1 aromatic rings. The van der Waals surface area contributed by atoms with Gasteiger partial charge in [0.2, 0.25) is 0 Å². The van der Waals surface area contributed by atoms with Crippen molar-refractivity contribution in [1.82, 2.24) is 5.32 Å². The number of ether oxygens (including phenoxy) is 2. The van der Waals surface area contributed by atoms with Gasteiger partial charge in [-0.15, -0.1) is 0 Å². The molecular weight excluding hydrogens is 257 g/mol. The highest BCUT2D eigenvalue weighted by Crippen LogP contribution is 2.43. The van der Waals surface area contributed by atoms with E-state index in [-0.39, 0.29) is 23.2 Å². The fourth-order valence-corrected chi connectivity index (χ4v) is 3.37. The number of hydrogen-bond donors (Lipinski definition) is 1. The largest absolute Gasteiger partial charge is 0.494 e. The van der Waals surface area contributed by atoms with E-state index in [1.54, 1.807) is 12.1 Å². The van der Waals surface area contributed by atoms with Crippen molar-refractivity contribution in [2.24, 2.45) is 0 Å². The first kappa shape index (κ1) is 15.3. The van der Waals surface area contributed by atoms with E-state index in [4.69, 9.17) is 9.47 Å². The summed E-state index contributed by atoms with van der Waals surface area (Å²) in [6.07, 6.45) is 4.35. The first-order chi connectivity index (χ1) is 9.66. The van der Waals surface area contributed by atoms with E-state index in [0.29, 0.717) is 6.61 Å². The van der Waals surface area contributed by atoms with Gasteiger partial charge in [0, 0.05) is 6.61 Å². The number of hydrogen-bond acceptors (Lipinski definition) is 3. The van der Waals surface area contributed by atoms with Crippen molar-refractivity contribution in [2.45, 2.75) is 44.2 Å². The van der Waals surface area contributed by atoms with Gasteiger partial charge >= 0.3 is 0 Å². The molecule has 1 fully saturated rings. The number of benzene rings is 1. The normalized spacial score (nSPS) is 19.0. The number of rotatable bonds is 6. The van der Waals surface area contributed by atoms with Gasteiger partial charge in [-0.2, -0.15) is 0 Å². The first-order valence-electron chi connectivity index (χ1n) is 7.31. The Hall–Kier alpha value is -1.13. The predicted octanol–water partition coefficient (Wildman–Crippen LogP) is 3.44. The Bertz CT molecular complexity index is 444. The molecule has 0 aliphatic heterocycles. The number of methoxy groups -OCH3 is 1. The van der Waals surface area contributed by atoms with Crippen LogP contribution in [-0.4, -0.2) is 26.4 Å². The van der Waals surface area contributed by atoms with E-state index in [9.17, 15) is 4.39 Å². The molecule has 1 N–H and O–H groups in total. The molecular formula is C16H24FNO2. The highest BCUT2D eigenvalue weighted by molar-refractivity contribution is 5.32. The summed E-state index contributed by atoms with van der Waals surface area (Å²) < 4.78 is 25.0. The van der Waals surface area contributed by atoms with Crippen molar-refractivity contribution in [2.75, 3.05) is 20.8 Å². The molecule has 3 nitrogen and oxygen atoms in total. The van der Waals surface area contributed by atoms with Crippen molar-refractivity contribution in [3.63, 3.8) is 0 Å². The molecule has 0 radical (unpaired) electrons. The van der Waals surface area contributed by atoms with Gasteiger partial charge in [-0.25, -0.2) is 4.39 Å². The number of halogens is 1. The lowest BCUT2D eigenvalue weighted by molar-refractivity contribution is -0.0610. The Kier molecular flexibility index (Phi) is 5.00. The summed E-state index contributed by atoms with van der Waals surface area (Å²) in [5.74, 6) is -0.0459. The third-order valence-electron chi connectivity index (χ3n) is 4.21. The van der Waals surface area contributed by atoms with E-state index in [1.807, 2.05) is 20.0 Å². The van der Waals surface area contributed by atoms with Crippen LogP contribution in [0.4, 0.5) is 4.39 Å². The smallest absolute Gasteiger partial charge is 0.165 e. The molecule has 1 unspecified atom stereocenters. The molecule has 20 heavy (non-hydrogen) atoms. The first-order valence-corrected chi connectivity index (χ1v) is 7.31. The highest BCUT2D eigenvalue weighted by atomic mass is 19.1. The third-order valence-corrected chi connectivity index (χ3v) is 4.21. The Morgan fingerprint density at radius 2 is 2.05 bits per heavy atom. The van der Waals surface area contributed by atoms with Crippen LogP contribution in [-0.2, 0) is 4.74 Å². The topological polar surface area (TPSA) is 30.5 Å². The van der Waals surface area contributed by atoms with Crippen molar-refractivity contribution in [3.8, 4) is 5.75 Å². The quantitative estimate of drug-likeness (QED) is 0.866. The summed E-state index contributed by atoms with van der Waals surface area (Å²) in [7, 11) is 3.39. The number of nitrogens with one attached hydrogen (secondary N) is 1. The molecule has 1 aromatic carbocycles. The van der Waals surface area contributed by atoms with Gasteiger partial charge in [0.25, 0.3) is 0 Å². The highest BCUT2D eigenvalue weighted by Gasteiger charge is 2.42. The molecule has 4 heteroatoms. The molecule has 0 bridgehead atoms. The monoisotopic (exact) mass is 281 g/mol. The van der Waals surface area contributed by atoms with Gasteiger partial charge in [0.1, 0.15) is 0 Å². The lowest BCUT2D eigenvalue weighted by Crippen LogP contribution is -2.43. The standard InChI is InChI=1S/C16H24FNO2/c1-4-20-16(9-5-6-10-16)15(18-2)12-7-8-14(19-3)13(17)11-12/h7-8,11,15,18H,4-6,9-10H2,1-3H3. The van der Waals surface area contributed by atoms with E-state index in [0.717, 1.165) is 31.2 Å². The Balaban J connectivity index is 2.33. The van der Waals surface area contributed by atoms with E-state index in [1.165, 1.54) is 7.11 Å². The zero-order chi connectivity index (χ0) is 14.6. The maximum atomic E-state index is 14.0. The molecule has 2 rings (SSSR count). The zero-order valence-corrected chi connectivity index (χ0v) is 12.5. The van der Waals surface area contributed by atoms with Gasteiger partial charge in [-0.3, -0.25) is 0 Å². The van der Waals surface area contributed by atoms with Gasteiger partial charge < -0.3 is 14.8 Å². The maximum Gasteiger partial charge on any atom is 0.165 e. The average molecular weight is 281 g/mol. The fraction of sp³-hybridized carbons (Fsp3) is 0.625. The molecule has 0 aromatic heterocycles. The van der Waals surface area contributed by atoms with E-state index in [2.05, 4.69) is 5.32 Å². The summed E-state index contributed by atoms with van der Waals surface area (Å²) in [6, 6.07) is 5.16. The Labute approximate surface area is 120 Å². The predicted molar refractivity (Wildman–Crippen MR) is 77.6 cm³/mol. The van der Waals surface area contributed by atoms with E-state index >= 15 is 0 Å². The lowest BCUT2D eigenvalue weighted by Gasteiger charge is -2.37. The summed E-state index contributed by atoms with van der Waals surface area (Å²) in [4.78, 5) is 0. The van der Waals surface area contributed by atoms with Crippen molar-refractivity contribution < 1.29 is 13.9 Å². The molecule has 1 saturated carbocycles. The van der Waals surface area contributed by atoms with E-state index < -0.39 is 0 Å². The van der Waals surface area contributed by atoms with Crippen LogP contribution in [0.15, 0.2) is 18.2 Å². The van der Waals surface area contributed by atoms with Crippen molar-refractivity contribution in [3.05, 3.63) is 29.6 Å². The third kappa shape index (κ3) is 2.81. The van der Waals surface area contributed by atoms with Crippen LogP contribution in [0.5, 0.6) is 5.75 Å². The minimum atomic E-state index is -0.324. The summed E-state index contributed by atoms with van der Waals surface area (Å²) in [5.41, 5.74) is 0.700. The van der Waals surface area contributed by atoms with Gasteiger partial charge in [0.05, 0.1) is 18.8 Å². The Morgan fingerprint density at radius 3 is 2.55 bits per heavy atom. The van der Waals surface area contributed by atoms with Crippen LogP contribution in [0.3, 0.4) is 0 Å². The van der Waals surface area contributed by atoms with Crippen LogP contribution >= 0.6 is 0 Å². The van der Waals surface area contributed by atoms with Crippen LogP contribution in [0.1, 0.15) is 44.2 Å². The molecule has 1 aliphatic rings. The fourth-order valence-electron chi connectivity index (χ4n) is 3.37. The van der Waals surface area contributed by atoms with Crippen molar-refractivity contribution in [1.29, 1.82) is 0 Å². The average Bonchev–Trinajstić information content (AvgIpc) is 2.89. The minimum Gasteiger partial charge on any atom is -0.494 e. The molecule has 112 valence electrons. The summed E-state index contributed by atoms with van der Waals surface area (Å²) in [5, 5.41) is 3.32. The molecule has 0 saturated heterocycles. The second-order valence-electron chi connectivity index (χ2n) is 5.32. The summed E-state index contributed by atoms with van der Waals surface area (Å²) >= 11 is 0. The number of likely N-dealkylation sites (N-methyl/N-ethyl adjacent to an activating group) is 1.